The van der Waals surface area contributed by atoms with E-state index in [-0.39, 0.29) is 5.56 Å². The molecular weight excluding hydrogens is 276 g/mol. The Hall–Kier alpha value is -2.43. The van der Waals surface area contributed by atoms with Gasteiger partial charge in [-0.05, 0) is 31.9 Å². The average molecular weight is 296 g/mol. The van der Waals surface area contributed by atoms with Gasteiger partial charge >= 0.3 is 0 Å². The van der Waals surface area contributed by atoms with Crippen LogP contribution in [-0.2, 0) is 13.0 Å². The number of hydrogen-bond acceptors (Lipinski definition) is 3. The highest BCUT2D eigenvalue weighted by Gasteiger charge is 2.08. The van der Waals surface area contributed by atoms with Crippen LogP contribution in [0.5, 0.6) is 0 Å². The summed E-state index contributed by atoms with van der Waals surface area (Å²) in [6, 6.07) is 9.50. The Labute approximate surface area is 129 Å². The summed E-state index contributed by atoms with van der Waals surface area (Å²) in [7, 11) is 0. The maximum Gasteiger partial charge on any atom is 0.254 e. The average Bonchev–Trinajstić information content (AvgIpc) is 2.91. The number of para-hydroxylation sites is 2. The highest BCUT2D eigenvalue weighted by atomic mass is 16.1. The van der Waals surface area contributed by atoms with E-state index in [0.29, 0.717) is 6.54 Å². The maximum absolute atomic E-state index is 12.3. The summed E-state index contributed by atoms with van der Waals surface area (Å²) in [6.07, 6.45) is 3.01. The van der Waals surface area contributed by atoms with Crippen molar-refractivity contribution in [3.05, 3.63) is 58.0 Å². The van der Waals surface area contributed by atoms with Crippen LogP contribution in [0.2, 0.25) is 0 Å². The summed E-state index contributed by atoms with van der Waals surface area (Å²) in [5.74, 6) is 1.51. The number of aromatic amines is 1. The van der Waals surface area contributed by atoms with Crippen molar-refractivity contribution in [1.29, 1.82) is 0 Å². The van der Waals surface area contributed by atoms with Crippen LogP contribution in [0.25, 0.3) is 11.0 Å². The van der Waals surface area contributed by atoms with Crippen LogP contribution in [-0.4, -0.2) is 19.5 Å². The van der Waals surface area contributed by atoms with Crippen molar-refractivity contribution in [2.45, 2.75) is 39.7 Å². The van der Waals surface area contributed by atoms with E-state index in [0.717, 1.165) is 47.6 Å². The van der Waals surface area contributed by atoms with Crippen LogP contribution in [0.4, 0.5) is 0 Å². The van der Waals surface area contributed by atoms with Crippen molar-refractivity contribution in [3.63, 3.8) is 0 Å². The number of aromatic nitrogens is 4. The van der Waals surface area contributed by atoms with Crippen LogP contribution in [0.3, 0.4) is 0 Å². The van der Waals surface area contributed by atoms with Crippen molar-refractivity contribution in [2.24, 2.45) is 0 Å². The van der Waals surface area contributed by atoms with E-state index in [1.54, 1.807) is 10.6 Å². The molecule has 0 radical (unpaired) electrons. The monoisotopic (exact) mass is 296 g/mol. The molecule has 5 heteroatoms. The van der Waals surface area contributed by atoms with Crippen LogP contribution < -0.4 is 5.56 Å². The zero-order chi connectivity index (χ0) is 15.5. The molecule has 0 aliphatic heterocycles. The SMILES string of the molecule is CCCCc1cc(=O)n(Cc2nc3ccccc3[nH]2)c(C)n1. The van der Waals surface area contributed by atoms with Gasteiger partial charge in [0.15, 0.2) is 0 Å². The molecule has 5 nitrogen and oxygen atoms in total. The van der Waals surface area contributed by atoms with Gasteiger partial charge in [-0.15, -0.1) is 0 Å². The number of H-pyrrole nitrogens is 1. The molecule has 3 rings (SSSR count). The molecule has 0 aliphatic rings. The van der Waals surface area contributed by atoms with Crippen molar-refractivity contribution in [2.75, 3.05) is 0 Å². The fraction of sp³-hybridized carbons (Fsp3) is 0.353. The van der Waals surface area contributed by atoms with Crippen molar-refractivity contribution >= 4 is 11.0 Å². The maximum atomic E-state index is 12.3. The van der Waals surface area contributed by atoms with Crippen LogP contribution in [0, 0.1) is 6.92 Å². The second kappa shape index (κ2) is 6.13. The molecule has 1 aromatic carbocycles. The second-order valence-corrected chi connectivity index (χ2v) is 5.52. The summed E-state index contributed by atoms with van der Waals surface area (Å²) in [6.45, 7) is 4.43. The molecule has 0 bridgehead atoms. The van der Waals surface area contributed by atoms with E-state index < -0.39 is 0 Å². The molecule has 22 heavy (non-hydrogen) atoms. The van der Waals surface area contributed by atoms with E-state index in [9.17, 15) is 4.79 Å². The molecule has 2 aromatic heterocycles. The summed E-state index contributed by atoms with van der Waals surface area (Å²) >= 11 is 0. The first-order valence-electron chi connectivity index (χ1n) is 7.68. The molecule has 0 fully saturated rings. The Bertz CT molecular complexity index is 814. The van der Waals surface area contributed by atoms with Gasteiger partial charge in [0, 0.05) is 11.8 Å². The molecular formula is C17H20N4O. The topological polar surface area (TPSA) is 63.6 Å². The number of aryl methyl sites for hydroxylation is 2. The highest BCUT2D eigenvalue weighted by Crippen LogP contribution is 2.11. The number of nitrogens with one attached hydrogen (secondary N) is 1. The molecule has 0 aliphatic carbocycles. The number of nitrogens with zero attached hydrogens (tertiary/aromatic N) is 3. The fourth-order valence-electron chi connectivity index (χ4n) is 2.59. The van der Waals surface area contributed by atoms with Gasteiger partial charge in [-0.3, -0.25) is 9.36 Å². The van der Waals surface area contributed by atoms with Gasteiger partial charge < -0.3 is 4.98 Å². The lowest BCUT2D eigenvalue weighted by atomic mass is 10.2. The van der Waals surface area contributed by atoms with Gasteiger partial charge in [-0.25, -0.2) is 9.97 Å². The zero-order valence-corrected chi connectivity index (χ0v) is 13.0. The molecule has 0 amide bonds. The normalized spacial score (nSPS) is 11.2. The van der Waals surface area contributed by atoms with Gasteiger partial charge in [0.05, 0.1) is 17.6 Å². The summed E-state index contributed by atoms with van der Waals surface area (Å²) in [5.41, 5.74) is 2.76. The largest absolute Gasteiger partial charge is 0.340 e. The molecule has 2 heterocycles. The zero-order valence-electron chi connectivity index (χ0n) is 13.0. The first-order chi connectivity index (χ1) is 10.7. The first kappa shape index (κ1) is 14.5. The summed E-state index contributed by atoms with van der Waals surface area (Å²) in [4.78, 5) is 24.6. The number of hydrogen-bond donors (Lipinski definition) is 1. The third-order valence-electron chi connectivity index (χ3n) is 3.78. The number of unbranched alkanes of at least 4 members (excludes halogenated alkanes) is 1. The summed E-state index contributed by atoms with van der Waals surface area (Å²) in [5, 5.41) is 0. The van der Waals surface area contributed by atoms with Crippen molar-refractivity contribution < 1.29 is 0 Å². The van der Waals surface area contributed by atoms with E-state index in [1.807, 2.05) is 31.2 Å². The first-order valence-corrected chi connectivity index (χ1v) is 7.68. The van der Waals surface area contributed by atoms with E-state index >= 15 is 0 Å². The van der Waals surface area contributed by atoms with Crippen LogP contribution in [0.15, 0.2) is 35.1 Å². The molecule has 0 atom stereocenters. The van der Waals surface area contributed by atoms with Crippen LogP contribution >= 0.6 is 0 Å². The minimum atomic E-state index is -0.0148. The smallest absolute Gasteiger partial charge is 0.254 e. The van der Waals surface area contributed by atoms with Crippen molar-refractivity contribution in [3.8, 4) is 0 Å². The van der Waals surface area contributed by atoms with Gasteiger partial charge in [-0.1, -0.05) is 25.5 Å². The van der Waals surface area contributed by atoms with E-state index in [1.165, 1.54) is 0 Å². The number of fused-ring (bicyclic) bond motifs is 1. The lowest BCUT2D eigenvalue weighted by Crippen LogP contribution is -2.25. The molecule has 0 saturated carbocycles. The Balaban J connectivity index is 1.90. The van der Waals surface area contributed by atoms with Crippen molar-refractivity contribution in [1.82, 2.24) is 19.5 Å². The summed E-state index contributed by atoms with van der Waals surface area (Å²) < 4.78 is 1.66. The van der Waals surface area contributed by atoms with Gasteiger partial charge in [0.1, 0.15) is 11.6 Å². The lowest BCUT2D eigenvalue weighted by molar-refractivity contribution is 0.659. The molecule has 114 valence electrons. The van der Waals surface area contributed by atoms with Crippen LogP contribution in [0.1, 0.15) is 37.1 Å². The Kier molecular flexibility index (Phi) is 4.04. The van der Waals surface area contributed by atoms with Gasteiger partial charge in [-0.2, -0.15) is 0 Å². The molecule has 0 unspecified atom stereocenters. The predicted molar refractivity (Wildman–Crippen MR) is 87.0 cm³/mol. The minimum absolute atomic E-state index is 0.0148. The minimum Gasteiger partial charge on any atom is -0.340 e. The third-order valence-corrected chi connectivity index (χ3v) is 3.78. The van der Waals surface area contributed by atoms with E-state index in [4.69, 9.17) is 0 Å². The number of benzene rings is 1. The highest BCUT2D eigenvalue weighted by molar-refractivity contribution is 5.74. The third kappa shape index (κ3) is 2.93. The predicted octanol–water partition coefficient (Wildman–Crippen LogP) is 2.82. The molecule has 0 saturated heterocycles. The standard InChI is InChI=1S/C17H20N4O/c1-3-4-7-13-10-17(22)21(12(2)18-13)11-16-19-14-8-5-6-9-15(14)20-16/h5-6,8-10H,3-4,7,11H2,1-2H3,(H,19,20). The van der Waals surface area contributed by atoms with E-state index in [2.05, 4.69) is 21.9 Å². The Morgan fingerprint density at radius 2 is 2.05 bits per heavy atom. The Morgan fingerprint density at radius 1 is 1.23 bits per heavy atom. The molecule has 3 aromatic rings. The van der Waals surface area contributed by atoms with Gasteiger partial charge in [0.25, 0.3) is 5.56 Å². The number of imidazole rings is 1. The second-order valence-electron chi connectivity index (χ2n) is 5.52. The van der Waals surface area contributed by atoms with Gasteiger partial charge in [0.2, 0.25) is 0 Å². The molecule has 1 N–H and O–H groups in total. The quantitative estimate of drug-likeness (QED) is 0.787. The Morgan fingerprint density at radius 3 is 2.77 bits per heavy atom. The lowest BCUT2D eigenvalue weighted by Gasteiger charge is -2.09. The number of rotatable bonds is 5. The fourth-order valence-corrected chi connectivity index (χ4v) is 2.59. The molecule has 0 spiro atoms.